The topological polar surface area (TPSA) is 64.6 Å². The largest absolute Gasteiger partial charge is 0.496 e. The highest BCUT2D eigenvalue weighted by molar-refractivity contribution is 5.99. The minimum Gasteiger partial charge on any atom is -0.496 e. The zero-order valence-electron chi connectivity index (χ0n) is 15.3. The number of carbonyl (C=O) groups excluding carboxylic acids is 2. The van der Waals surface area contributed by atoms with Crippen molar-refractivity contribution in [2.45, 2.75) is 38.6 Å². The van der Waals surface area contributed by atoms with Crippen molar-refractivity contribution in [1.82, 2.24) is 5.32 Å². The van der Waals surface area contributed by atoms with E-state index in [1.807, 2.05) is 24.3 Å². The van der Waals surface area contributed by atoms with Gasteiger partial charge in [0.15, 0.2) is 6.61 Å². The molecule has 0 aliphatic heterocycles. The number of hydrogen-bond donors (Lipinski definition) is 1. The van der Waals surface area contributed by atoms with Crippen LogP contribution in [0.3, 0.4) is 0 Å². The lowest BCUT2D eigenvalue weighted by atomic mass is 9.86. The van der Waals surface area contributed by atoms with Crippen LogP contribution in [-0.2, 0) is 9.53 Å². The molecular formula is C21H25NO4. The van der Waals surface area contributed by atoms with Crippen LogP contribution in [0.15, 0.2) is 36.4 Å². The van der Waals surface area contributed by atoms with E-state index in [1.165, 1.54) is 13.5 Å². The molecule has 5 heteroatoms. The molecule has 0 heterocycles. The fourth-order valence-corrected chi connectivity index (χ4v) is 3.54. The van der Waals surface area contributed by atoms with E-state index in [0.717, 1.165) is 30.0 Å². The number of nitrogens with one attached hydrogen (secondary N) is 1. The van der Waals surface area contributed by atoms with E-state index in [1.54, 1.807) is 12.1 Å². The second kappa shape index (κ2) is 8.21. The van der Waals surface area contributed by atoms with Gasteiger partial charge in [0.2, 0.25) is 0 Å². The summed E-state index contributed by atoms with van der Waals surface area (Å²) in [5.41, 5.74) is 0.324. The predicted molar refractivity (Wildman–Crippen MR) is 100 cm³/mol. The fraction of sp³-hybridized carbons (Fsp3) is 0.429. The van der Waals surface area contributed by atoms with E-state index in [0.29, 0.717) is 17.2 Å². The van der Waals surface area contributed by atoms with Crippen LogP contribution in [0, 0.1) is 5.92 Å². The van der Waals surface area contributed by atoms with Crippen molar-refractivity contribution in [1.29, 1.82) is 0 Å². The van der Waals surface area contributed by atoms with Gasteiger partial charge < -0.3 is 14.8 Å². The highest BCUT2D eigenvalue weighted by atomic mass is 16.5. The molecule has 3 rings (SSSR count). The van der Waals surface area contributed by atoms with Gasteiger partial charge in [0.05, 0.1) is 7.11 Å². The third kappa shape index (κ3) is 4.15. The average molecular weight is 355 g/mol. The summed E-state index contributed by atoms with van der Waals surface area (Å²) in [6, 6.07) is 11.4. The Morgan fingerprint density at radius 1 is 1.12 bits per heavy atom. The van der Waals surface area contributed by atoms with Gasteiger partial charge >= 0.3 is 5.97 Å². The molecule has 138 valence electrons. The highest BCUT2D eigenvalue weighted by Gasteiger charge is 2.23. The molecule has 1 N–H and O–H groups in total. The lowest BCUT2D eigenvalue weighted by Crippen LogP contribution is -2.42. The maximum Gasteiger partial charge on any atom is 0.342 e. The van der Waals surface area contributed by atoms with Gasteiger partial charge in [0.1, 0.15) is 11.3 Å². The van der Waals surface area contributed by atoms with Crippen LogP contribution in [0.2, 0.25) is 0 Å². The Balaban J connectivity index is 1.64. The van der Waals surface area contributed by atoms with Gasteiger partial charge in [-0.05, 0) is 41.7 Å². The maximum atomic E-state index is 12.4. The Morgan fingerprint density at radius 2 is 1.81 bits per heavy atom. The van der Waals surface area contributed by atoms with Gasteiger partial charge in [-0.1, -0.05) is 44.0 Å². The van der Waals surface area contributed by atoms with E-state index in [-0.39, 0.29) is 18.6 Å². The summed E-state index contributed by atoms with van der Waals surface area (Å²) < 4.78 is 10.5. The number of esters is 1. The molecule has 1 amide bonds. The van der Waals surface area contributed by atoms with Crippen molar-refractivity contribution in [3.63, 3.8) is 0 Å². The number of rotatable bonds is 5. The molecule has 0 radical (unpaired) electrons. The molecule has 1 fully saturated rings. The molecule has 26 heavy (non-hydrogen) atoms. The Kier molecular flexibility index (Phi) is 5.76. The number of fused-ring (bicyclic) bond motifs is 1. The molecule has 0 spiro atoms. The molecule has 2 atom stereocenters. The molecule has 0 aromatic heterocycles. The smallest absolute Gasteiger partial charge is 0.342 e. The van der Waals surface area contributed by atoms with Crippen molar-refractivity contribution >= 4 is 22.6 Å². The van der Waals surface area contributed by atoms with Crippen molar-refractivity contribution in [3.05, 3.63) is 42.0 Å². The maximum absolute atomic E-state index is 12.4. The Bertz CT molecular complexity index is 802. The second-order valence-corrected chi connectivity index (χ2v) is 6.91. The summed E-state index contributed by atoms with van der Waals surface area (Å²) >= 11 is 0. The first-order chi connectivity index (χ1) is 12.6. The van der Waals surface area contributed by atoms with Crippen LogP contribution in [-0.4, -0.2) is 31.6 Å². The first kappa shape index (κ1) is 18.2. The normalized spacial score (nSPS) is 19.8. The van der Waals surface area contributed by atoms with Gasteiger partial charge in [-0.2, -0.15) is 0 Å². The summed E-state index contributed by atoms with van der Waals surface area (Å²) in [5.74, 6) is 0.0929. The van der Waals surface area contributed by atoms with Crippen molar-refractivity contribution in [2.75, 3.05) is 13.7 Å². The summed E-state index contributed by atoms with van der Waals surface area (Å²) in [6.45, 7) is 1.87. The molecule has 0 saturated heterocycles. The van der Waals surface area contributed by atoms with Crippen LogP contribution in [0.5, 0.6) is 5.75 Å². The standard InChI is InChI=1S/C21H25NO4/c1-14-7-3-6-10-18(14)22-20(23)13-26-21(24)17-11-15-8-4-5-9-16(15)12-19(17)25-2/h4-5,8-9,11-12,14,18H,3,6-7,10,13H2,1-2H3,(H,22,23)/t14-,18+/m0/s1. The fourth-order valence-electron chi connectivity index (χ4n) is 3.54. The number of ether oxygens (including phenoxy) is 2. The zero-order valence-corrected chi connectivity index (χ0v) is 15.3. The SMILES string of the molecule is COc1cc2ccccc2cc1C(=O)OCC(=O)N[C@@H]1CCCC[C@@H]1C. The van der Waals surface area contributed by atoms with E-state index >= 15 is 0 Å². The molecule has 2 aromatic rings. The second-order valence-electron chi connectivity index (χ2n) is 6.91. The van der Waals surface area contributed by atoms with E-state index in [2.05, 4.69) is 12.2 Å². The number of benzene rings is 2. The Hall–Kier alpha value is -2.56. The monoisotopic (exact) mass is 355 g/mol. The third-order valence-electron chi connectivity index (χ3n) is 5.08. The van der Waals surface area contributed by atoms with Crippen LogP contribution in [0.4, 0.5) is 0 Å². The first-order valence-electron chi connectivity index (χ1n) is 9.11. The van der Waals surface area contributed by atoms with Crippen LogP contribution in [0.25, 0.3) is 10.8 Å². The number of carbonyl (C=O) groups is 2. The van der Waals surface area contributed by atoms with Gasteiger partial charge in [-0.3, -0.25) is 4.79 Å². The molecule has 0 bridgehead atoms. The quantitative estimate of drug-likeness (QED) is 0.831. The molecule has 5 nitrogen and oxygen atoms in total. The van der Waals surface area contributed by atoms with Crippen molar-refractivity contribution in [3.8, 4) is 5.75 Å². The lowest BCUT2D eigenvalue weighted by molar-refractivity contribution is -0.125. The summed E-state index contributed by atoms with van der Waals surface area (Å²) in [4.78, 5) is 24.6. The van der Waals surface area contributed by atoms with Crippen LogP contribution < -0.4 is 10.1 Å². The van der Waals surface area contributed by atoms with Gasteiger partial charge in [0.25, 0.3) is 5.91 Å². The highest BCUT2D eigenvalue weighted by Crippen LogP contribution is 2.27. The van der Waals surface area contributed by atoms with Crippen LogP contribution >= 0.6 is 0 Å². The van der Waals surface area contributed by atoms with E-state index in [4.69, 9.17) is 9.47 Å². The van der Waals surface area contributed by atoms with Gasteiger partial charge in [0, 0.05) is 6.04 Å². The summed E-state index contributed by atoms with van der Waals surface area (Å²) in [7, 11) is 1.51. The number of amides is 1. The summed E-state index contributed by atoms with van der Waals surface area (Å²) in [5, 5.41) is 4.88. The molecule has 1 aliphatic rings. The third-order valence-corrected chi connectivity index (χ3v) is 5.08. The Morgan fingerprint density at radius 3 is 2.50 bits per heavy atom. The molecule has 1 aliphatic carbocycles. The van der Waals surface area contributed by atoms with Crippen molar-refractivity contribution in [2.24, 2.45) is 5.92 Å². The minimum atomic E-state index is -0.556. The molecule has 1 saturated carbocycles. The summed E-state index contributed by atoms with van der Waals surface area (Å²) in [6.07, 6.45) is 4.45. The first-order valence-corrected chi connectivity index (χ1v) is 9.11. The average Bonchev–Trinajstić information content (AvgIpc) is 2.66. The lowest BCUT2D eigenvalue weighted by Gasteiger charge is -2.29. The molecular weight excluding hydrogens is 330 g/mol. The minimum absolute atomic E-state index is 0.171. The number of methoxy groups -OCH3 is 1. The van der Waals surface area contributed by atoms with Crippen LogP contribution in [0.1, 0.15) is 43.0 Å². The predicted octanol–water partition coefficient (Wildman–Crippen LogP) is 3.70. The van der Waals surface area contributed by atoms with Crippen molar-refractivity contribution < 1.29 is 19.1 Å². The van der Waals surface area contributed by atoms with Gasteiger partial charge in [-0.25, -0.2) is 4.79 Å². The molecule has 2 aromatic carbocycles. The number of hydrogen-bond acceptors (Lipinski definition) is 4. The Labute approximate surface area is 153 Å². The van der Waals surface area contributed by atoms with E-state index in [9.17, 15) is 9.59 Å². The zero-order chi connectivity index (χ0) is 18.5. The van der Waals surface area contributed by atoms with E-state index < -0.39 is 5.97 Å². The molecule has 0 unspecified atom stereocenters. The van der Waals surface area contributed by atoms with Gasteiger partial charge in [-0.15, -0.1) is 0 Å².